The van der Waals surface area contributed by atoms with Crippen LogP contribution in [0.2, 0.25) is 0 Å². The van der Waals surface area contributed by atoms with Crippen molar-refractivity contribution < 1.29 is 9.47 Å². The van der Waals surface area contributed by atoms with Crippen molar-refractivity contribution in [2.75, 3.05) is 9.80 Å². The van der Waals surface area contributed by atoms with Crippen LogP contribution in [0.15, 0.2) is 228 Å². The van der Waals surface area contributed by atoms with Crippen molar-refractivity contribution in [3.8, 4) is 23.0 Å². The Bertz CT molecular complexity index is 3190. The van der Waals surface area contributed by atoms with E-state index in [9.17, 15) is 0 Å². The van der Waals surface area contributed by atoms with Gasteiger partial charge in [0.1, 0.15) is 11.5 Å². The molecule has 0 aromatic heterocycles. The quantitative estimate of drug-likeness (QED) is 0.176. The summed E-state index contributed by atoms with van der Waals surface area (Å²) in [5.41, 5.74) is 10.1. The highest BCUT2D eigenvalue weighted by atomic mass is 32.2. The summed E-state index contributed by atoms with van der Waals surface area (Å²) in [5, 5.41) is 4.69. The van der Waals surface area contributed by atoms with Gasteiger partial charge in [-0.15, -0.1) is 0 Å². The first-order chi connectivity index (χ1) is 30.7. The number of nitrogens with zero attached hydrogens (tertiary/aromatic N) is 2. The molecule has 0 atom stereocenters. The summed E-state index contributed by atoms with van der Waals surface area (Å²) in [5.74, 6) is 3.27. The molecule has 0 bridgehead atoms. The molecule has 0 aliphatic carbocycles. The lowest BCUT2D eigenvalue weighted by Crippen LogP contribution is -2.34. The maximum absolute atomic E-state index is 7.11. The molecule has 0 N–H and O–H groups in total. The number of hydrogen-bond donors (Lipinski definition) is 0. The van der Waals surface area contributed by atoms with Crippen molar-refractivity contribution in [1.82, 2.24) is 0 Å². The molecule has 0 spiro atoms. The van der Waals surface area contributed by atoms with Gasteiger partial charge in [-0.3, -0.25) is 0 Å². The third kappa shape index (κ3) is 5.09. The number of para-hydroxylation sites is 3. The van der Waals surface area contributed by atoms with E-state index < -0.39 is 5.41 Å². The summed E-state index contributed by atoms with van der Waals surface area (Å²) >= 11 is 1.83. The standard InChI is InChI=1S/C57H36N2O2S/c1-3-17-39(18-4-1)57(40-19-5-2-6-20-40)45-35-41(58-47-23-11-13-25-51(47)61-52-31-27-37-15-7-9-21-43(37)55(52)58)29-32-49(45)60-50-33-30-42(36-46(50)57)59-48-24-12-14-26-53(48)62-54-34-28-38-16-8-10-22-44(38)56(54)59/h1-36H. The van der Waals surface area contributed by atoms with Crippen molar-refractivity contribution in [3.63, 3.8) is 0 Å². The van der Waals surface area contributed by atoms with Crippen LogP contribution in [0, 0.1) is 0 Å². The van der Waals surface area contributed by atoms with Gasteiger partial charge in [-0.2, -0.15) is 0 Å². The Morgan fingerprint density at radius 1 is 0.355 bits per heavy atom. The van der Waals surface area contributed by atoms with Gasteiger partial charge in [0, 0.05) is 43.1 Å². The molecule has 10 aromatic carbocycles. The van der Waals surface area contributed by atoms with Gasteiger partial charge in [-0.1, -0.05) is 157 Å². The highest BCUT2D eigenvalue weighted by Gasteiger charge is 2.46. The highest BCUT2D eigenvalue weighted by molar-refractivity contribution is 7.99. The zero-order valence-electron chi connectivity index (χ0n) is 33.4. The second kappa shape index (κ2) is 13.6. The van der Waals surface area contributed by atoms with Gasteiger partial charge in [-0.25, -0.2) is 0 Å². The minimum absolute atomic E-state index is 0.781. The van der Waals surface area contributed by atoms with Crippen LogP contribution in [-0.4, -0.2) is 0 Å². The molecule has 0 fully saturated rings. The number of ether oxygens (including phenoxy) is 2. The largest absolute Gasteiger partial charge is 0.457 e. The predicted molar refractivity (Wildman–Crippen MR) is 253 cm³/mol. The molecule has 0 amide bonds. The van der Waals surface area contributed by atoms with Gasteiger partial charge in [0.05, 0.1) is 28.2 Å². The van der Waals surface area contributed by atoms with Crippen LogP contribution in [0.5, 0.6) is 23.0 Å². The summed E-state index contributed by atoms with van der Waals surface area (Å²) in [7, 11) is 0. The number of anilines is 6. The topological polar surface area (TPSA) is 24.9 Å². The van der Waals surface area contributed by atoms with Crippen molar-refractivity contribution in [2.24, 2.45) is 0 Å². The third-order valence-electron chi connectivity index (χ3n) is 12.7. The highest BCUT2D eigenvalue weighted by Crippen LogP contribution is 2.61. The summed E-state index contributed by atoms with van der Waals surface area (Å²) in [6.07, 6.45) is 0. The Morgan fingerprint density at radius 2 is 0.855 bits per heavy atom. The fourth-order valence-corrected chi connectivity index (χ4v) is 11.2. The van der Waals surface area contributed by atoms with E-state index in [4.69, 9.17) is 9.47 Å². The molecule has 4 nitrogen and oxygen atoms in total. The monoisotopic (exact) mass is 812 g/mol. The van der Waals surface area contributed by atoms with Gasteiger partial charge in [-0.05, 0) is 94.7 Å². The summed E-state index contributed by atoms with van der Waals surface area (Å²) in [4.78, 5) is 7.27. The molecular weight excluding hydrogens is 777 g/mol. The minimum atomic E-state index is -0.781. The Balaban J connectivity index is 1.10. The summed E-state index contributed by atoms with van der Waals surface area (Å²) < 4.78 is 13.8. The van der Waals surface area contributed by atoms with E-state index in [0.29, 0.717) is 0 Å². The molecule has 3 aliphatic heterocycles. The molecule has 5 heteroatoms. The predicted octanol–water partition coefficient (Wildman–Crippen LogP) is 16.0. The first kappa shape index (κ1) is 35.1. The van der Waals surface area contributed by atoms with Crippen molar-refractivity contribution in [2.45, 2.75) is 15.2 Å². The van der Waals surface area contributed by atoms with E-state index in [1.54, 1.807) is 0 Å². The van der Waals surface area contributed by atoms with Gasteiger partial charge in [0.15, 0.2) is 11.5 Å². The molecule has 13 rings (SSSR count). The van der Waals surface area contributed by atoms with Gasteiger partial charge >= 0.3 is 0 Å². The molecule has 10 aromatic rings. The zero-order valence-corrected chi connectivity index (χ0v) is 34.2. The van der Waals surface area contributed by atoms with Crippen LogP contribution in [0.4, 0.5) is 34.1 Å². The molecule has 0 saturated carbocycles. The third-order valence-corrected chi connectivity index (χ3v) is 13.8. The average molecular weight is 813 g/mol. The maximum atomic E-state index is 7.11. The van der Waals surface area contributed by atoms with Crippen molar-refractivity contribution >= 4 is 67.4 Å². The van der Waals surface area contributed by atoms with Gasteiger partial charge < -0.3 is 19.3 Å². The first-order valence-corrected chi connectivity index (χ1v) is 21.8. The van der Waals surface area contributed by atoms with Crippen LogP contribution in [0.25, 0.3) is 21.5 Å². The maximum Gasteiger partial charge on any atom is 0.152 e. The fraction of sp³-hybridized carbons (Fsp3) is 0.0175. The van der Waals surface area contributed by atoms with E-state index in [1.807, 2.05) is 17.8 Å². The second-order valence-corrected chi connectivity index (χ2v) is 17.1. The van der Waals surface area contributed by atoms with E-state index in [0.717, 1.165) is 84.5 Å². The Kier molecular flexibility index (Phi) is 7.72. The van der Waals surface area contributed by atoms with Crippen molar-refractivity contribution in [3.05, 3.63) is 241 Å². The second-order valence-electron chi connectivity index (χ2n) is 16.0. The molecule has 0 radical (unpaired) electrons. The summed E-state index contributed by atoms with van der Waals surface area (Å²) in [6.45, 7) is 0. The molecule has 0 unspecified atom stereocenters. The number of benzene rings is 10. The number of rotatable bonds is 4. The van der Waals surface area contributed by atoms with E-state index in [2.05, 4.69) is 222 Å². The molecule has 62 heavy (non-hydrogen) atoms. The first-order valence-electron chi connectivity index (χ1n) is 21.0. The molecule has 292 valence electrons. The molecule has 3 heterocycles. The summed E-state index contributed by atoms with van der Waals surface area (Å²) in [6, 6.07) is 78.5. The SMILES string of the molecule is c1ccc(C2(c3ccccc3)c3cc(N4c5ccccc5Oc5ccc6ccccc6c54)ccc3Oc3ccc(N4c5ccccc5Sc5ccc6ccccc6c54)cc32)cc1. The van der Waals surface area contributed by atoms with E-state index in [1.165, 1.54) is 26.3 Å². The van der Waals surface area contributed by atoms with Crippen molar-refractivity contribution in [1.29, 1.82) is 0 Å². The van der Waals surface area contributed by atoms with Crippen LogP contribution in [0.1, 0.15) is 22.3 Å². The molecule has 0 saturated heterocycles. The lowest BCUT2D eigenvalue weighted by Gasteiger charge is -2.43. The van der Waals surface area contributed by atoms with Crippen LogP contribution in [-0.2, 0) is 5.41 Å². The van der Waals surface area contributed by atoms with Gasteiger partial charge in [0.25, 0.3) is 0 Å². The Hall–Kier alpha value is -7.73. The van der Waals surface area contributed by atoms with Crippen LogP contribution >= 0.6 is 11.8 Å². The van der Waals surface area contributed by atoms with Crippen LogP contribution in [0.3, 0.4) is 0 Å². The lowest BCUT2D eigenvalue weighted by atomic mass is 9.63. The Labute approximate surface area is 363 Å². The molecular formula is C57H36N2O2S. The zero-order chi connectivity index (χ0) is 40.8. The molecule has 3 aliphatic rings. The number of hydrogen-bond acceptors (Lipinski definition) is 5. The fourth-order valence-electron chi connectivity index (χ4n) is 10.1. The Morgan fingerprint density at radius 3 is 1.53 bits per heavy atom. The van der Waals surface area contributed by atoms with Crippen LogP contribution < -0.4 is 19.3 Å². The van der Waals surface area contributed by atoms with E-state index >= 15 is 0 Å². The number of fused-ring (bicyclic) bond motifs is 10. The normalized spacial score (nSPS) is 14.1. The smallest absolute Gasteiger partial charge is 0.152 e. The van der Waals surface area contributed by atoms with E-state index in [-0.39, 0.29) is 0 Å². The average Bonchev–Trinajstić information content (AvgIpc) is 3.34. The van der Waals surface area contributed by atoms with Gasteiger partial charge in [0.2, 0.25) is 0 Å². The lowest BCUT2D eigenvalue weighted by molar-refractivity contribution is 0.434. The minimum Gasteiger partial charge on any atom is -0.457 e.